The van der Waals surface area contributed by atoms with Crippen LogP contribution in [0.15, 0.2) is 41.3 Å². The van der Waals surface area contributed by atoms with Gasteiger partial charge in [-0.15, -0.1) is 0 Å². The molecule has 0 saturated heterocycles. The molecule has 2 aromatic carbocycles. The average Bonchev–Trinajstić information content (AvgIpc) is 3.64. The van der Waals surface area contributed by atoms with Crippen LogP contribution in [0.1, 0.15) is 42.3 Å². The molecule has 0 amide bonds. The van der Waals surface area contributed by atoms with Crippen LogP contribution in [0.5, 0.6) is 0 Å². The van der Waals surface area contributed by atoms with Crippen LogP contribution in [0.2, 0.25) is 0 Å². The molecule has 2 aliphatic carbocycles. The van der Waals surface area contributed by atoms with Gasteiger partial charge in [-0.2, -0.15) is 5.26 Å². The fraction of sp³-hybridized carbons (Fsp3) is 0.273. The predicted octanol–water partition coefficient (Wildman–Crippen LogP) is 4.04. The highest BCUT2D eigenvalue weighted by molar-refractivity contribution is 5.95. The highest BCUT2D eigenvalue weighted by Crippen LogP contribution is 2.45. The molecular weight excluding hydrogens is 374 g/mol. The highest BCUT2D eigenvalue weighted by atomic mass is 19.1. The Bertz CT molecular complexity index is 1240. The number of nitrogens with zero attached hydrogens (tertiary/aromatic N) is 2. The summed E-state index contributed by atoms with van der Waals surface area (Å²) in [6.45, 7) is 0. The van der Waals surface area contributed by atoms with E-state index in [2.05, 4.69) is 5.32 Å². The van der Waals surface area contributed by atoms with Gasteiger partial charge in [0.15, 0.2) is 11.6 Å². The normalized spacial score (nSPS) is 20.4. The van der Waals surface area contributed by atoms with Crippen molar-refractivity contribution in [1.82, 2.24) is 4.57 Å². The van der Waals surface area contributed by atoms with Crippen LogP contribution < -0.4 is 16.5 Å². The summed E-state index contributed by atoms with van der Waals surface area (Å²) in [6.07, 6.45) is 3.72. The molecule has 0 radical (unpaired) electrons. The van der Waals surface area contributed by atoms with E-state index in [9.17, 15) is 10.1 Å². The Kier molecular flexibility index (Phi) is 3.85. The van der Waals surface area contributed by atoms with Crippen molar-refractivity contribution >= 4 is 22.3 Å². The molecule has 5 rings (SSSR count). The minimum Gasteiger partial charge on any atom is -0.396 e. The topological polar surface area (TPSA) is 83.8 Å². The number of pyridine rings is 1. The Balaban J connectivity index is 1.63. The molecule has 0 spiro atoms. The molecule has 2 fully saturated rings. The number of nitrogen functional groups attached to an aromatic ring is 1. The molecule has 2 atom stereocenters. The van der Waals surface area contributed by atoms with E-state index in [0.717, 1.165) is 24.8 Å². The number of fused-ring (bicyclic) bond motifs is 1. The first-order valence-electron chi connectivity index (χ1n) is 9.58. The number of hydrogen-bond acceptors (Lipinski definition) is 4. The third-order valence-electron chi connectivity index (χ3n) is 5.80. The van der Waals surface area contributed by atoms with Crippen LogP contribution in [0, 0.1) is 23.0 Å². The predicted molar refractivity (Wildman–Crippen MR) is 107 cm³/mol. The quantitative estimate of drug-likeness (QED) is 0.657. The zero-order chi connectivity index (χ0) is 20.3. The molecule has 3 aromatic rings. The van der Waals surface area contributed by atoms with Crippen LogP contribution >= 0.6 is 0 Å². The minimum absolute atomic E-state index is 0.0181. The minimum atomic E-state index is -0.983. The van der Waals surface area contributed by atoms with Crippen molar-refractivity contribution in [3.05, 3.63) is 69.5 Å². The van der Waals surface area contributed by atoms with Gasteiger partial charge in [-0.25, -0.2) is 8.78 Å². The summed E-state index contributed by atoms with van der Waals surface area (Å²) in [4.78, 5) is 12.6. The monoisotopic (exact) mass is 392 g/mol. The second-order valence-corrected chi connectivity index (χ2v) is 7.77. The summed E-state index contributed by atoms with van der Waals surface area (Å²) in [5.41, 5.74) is 5.38. The number of nitrogens with two attached hydrogens (primary N) is 1. The molecule has 1 aromatic heterocycles. The van der Waals surface area contributed by atoms with Crippen LogP contribution in [0.4, 0.5) is 20.2 Å². The van der Waals surface area contributed by atoms with Crippen molar-refractivity contribution in [3.8, 4) is 6.07 Å². The summed E-state index contributed by atoms with van der Waals surface area (Å²) in [5.74, 6) is -1.65. The molecule has 5 nitrogen and oxygen atoms in total. The maximum Gasteiger partial charge on any atom is 0.209 e. The van der Waals surface area contributed by atoms with Gasteiger partial charge in [0.25, 0.3) is 0 Å². The average molecular weight is 392 g/mol. The molecule has 0 aliphatic heterocycles. The molecule has 3 N–H and O–H groups in total. The van der Waals surface area contributed by atoms with E-state index < -0.39 is 22.8 Å². The zero-order valence-electron chi connectivity index (χ0n) is 15.5. The number of nitrogens with one attached hydrogen (secondary N) is 1. The standard InChI is InChI=1S/C22H18F2N4O/c23-17-19(26)16-21(28(13-6-7-13)10-12(9-25)22(16)29)18(24)20(17)27-15-8-14(15)11-4-2-1-3-5-11/h1-5,10,13-15,27H,6-8,26H2/t14-,15+/m0/s1. The molecular formula is C22H18F2N4O. The van der Waals surface area contributed by atoms with Gasteiger partial charge < -0.3 is 15.6 Å². The van der Waals surface area contributed by atoms with Gasteiger partial charge in [0.2, 0.25) is 5.43 Å². The van der Waals surface area contributed by atoms with Crippen LogP contribution in [-0.4, -0.2) is 10.6 Å². The summed E-state index contributed by atoms with van der Waals surface area (Å²) in [5, 5.41) is 11.9. The first kappa shape index (κ1) is 17.7. The van der Waals surface area contributed by atoms with Gasteiger partial charge in [-0.05, 0) is 24.8 Å². The van der Waals surface area contributed by atoms with Gasteiger partial charge in [0.05, 0.1) is 16.6 Å². The fourth-order valence-corrected chi connectivity index (χ4v) is 4.02. The number of benzene rings is 2. The maximum absolute atomic E-state index is 15.5. The van der Waals surface area contributed by atoms with E-state index in [1.54, 1.807) is 4.57 Å². The second-order valence-electron chi connectivity index (χ2n) is 7.77. The Labute approximate surface area is 165 Å². The van der Waals surface area contributed by atoms with Crippen LogP contribution in [-0.2, 0) is 0 Å². The largest absolute Gasteiger partial charge is 0.396 e. The summed E-state index contributed by atoms with van der Waals surface area (Å²) < 4.78 is 32.1. The van der Waals surface area contributed by atoms with E-state index in [1.165, 1.54) is 6.20 Å². The number of nitriles is 1. The number of hydrogen-bond donors (Lipinski definition) is 2. The van der Waals surface area contributed by atoms with Gasteiger partial charge in [0.1, 0.15) is 17.3 Å². The smallest absolute Gasteiger partial charge is 0.209 e. The Hall–Kier alpha value is -3.40. The zero-order valence-corrected chi connectivity index (χ0v) is 15.5. The van der Waals surface area contributed by atoms with Gasteiger partial charge in [-0.1, -0.05) is 30.3 Å². The second kappa shape index (κ2) is 6.31. The van der Waals surface area contributed by atoms with Gasteiger partial charge >= 0.3 is 0 Å². The molecule has 29 heavy (non-hydrogen) atoms. The van der Waals surface area contributed by atoms with Crippen molar-refractivity contribution in [2.75, 3.05) is 11.1 Å². The van der Waals surface area contributed by atoms with Crippen LogP contribution in [0.25, 0.3) is 10.9 Å². The fourth-order valence-electron chi connectivity index (χ4n) is 4.02. The lowest BCUT2D eigenvalue weighted by atomic mass is 10.1. The third-order valence-corrected chi connectivity index (χ3v) is 5.80. The first-order chi connectivity index (χ1) is 14.0. The Morgan fingerprint density at radius 3 is 2.55 bits per heavy atom. The van der Waals surface area contributed by atoms with E-state index in [4.69, 9.17) is 5.73 Å². The number of aromatic nitrogens is 1. The van der Waals surface area contributed by atoms with Gasteiger partial charge in [-0.3, -0.25) is 4.79 Å². The van der Waals surface area contributed by atoms with Crippen molar-refractivity contribution in [1.29, 1.82) is 5.26 Å². The molecule has 7 heteroatoms. The highest BCUT2D eigenvalue weighted by Gasteiger charge is 2.40. The third kappa shape index (κ3) is 2.75. The van der Waals surface area contributed by atoms with Crippen molar-refractivity contribution < 1.29 is 8.78 Å². The number of halogens is 2. The van der Waals surface area contributed by atoms with E-state index in [0.29, 0.717) is 0 Å². The summed E-state index contributed by atoms with van der Waals surface area (Å²) in [6, 6.07) is 11.4. The van der Waals surface area contributed by atoms with E-state index >= 15 is 8.78 Å². The molecule has 146 valence electrons. The summed E-state index contributed by atoms with van der Waals surface area (Å²) in [7, 11) is 0. The summed E-state index contributed by atoms with van der Waals surface area (Å²) >= 11 is 0. The Morgan fingerprint density at radius 1 is 1.17 bits per heavy atom. The van der Waals surface area contributed by atoms with Crippen molar-refractivity contribution in [2.45, 2.75) is 37.3 Å². The molecule has 2 aliphatic rings. The molecule has 1 heterocycles. The van der Waals surface area contributed by atoms with E-state index in [1.807, 2.05) is 36.4 Å². The van der Waals surface area contributed by atoms with E-state index in [-0.39, 0.29) is 40.2 Å². The SMILES string of the molecule is N#Cc1cn(C2CC2)c2c(F)c(N[C@@H]3C[C@H]3c3ccccc3)c(F)c(N)c2c1=O. The number of rotatable bonds is 4. The lowest BCUT2D eigenvalue weighted by Gasteiger charge is -2.17. The molecule has 0 bridgehead atoms. The number of anilines is 2. The molecule has 0 unspecified atom stereocenters. The van der Waals surface area contributed by atoms with Gasteiger partial charge in [0, 0.05) is 24.2 Å². The maximum atomic E-state index is 15.5. The van der Waals surface area contributed by atoms with Crippen molar-refractivity contribution in [3.63, 3.8) is 0 Å². The Morgan fingerprint density at radius 2 is 1.90 bits per heavy atom. The molecule has 2 saturated carbocycles. The van der Waals surface area contributed by atoms with Crippen LogP contribution in [0.3, 0.4) is 0 Å². The lowest BCUT2D eigenvalue weighted by Crippen LogP contribution is -2.18. The first-order valence-corrected chi connectivity index (χ1v) is 9.58. The van der Waals surface area contributed by atoms with Crippen molar-refractivity contribution in [2.24, 2.45) is 0 Å². The lowest BCUT2D eigenvalue weighted by molar-refractivity contribution is 0.590.